The molecule has 1 heterocycles. The number of aromatic nitrogens is 1. The number of benzene rings is 2. The van der Waals surface area contributed by atoms with Crippen LogP contribution in [-0.4, -0.2) is 48.5 Å². The van der Waals surface area contributed by atoms with E-state index in [9.17, 15) is 27.5 Å². The topological polar surface area (TPSA) is 89.9 Å². The molecule has 1 aromatic heterocycles. The fourth-order valence-corrected chi connectivity index (χ4v) is 3.96. The molecule has 1 unspecified atom stereocenters. The molecule has 2 N–H and O–H groups in total. The van der Waals surface area contributed by atoms with E-state index in [1.165, 1.54) is 50.6 Å². The van der Waals surface area contributed by atoms with Crippen molar-refractivity contribution in [2.45, 2.75) is 37.1 Å². The molecule has 0 aliphatic heterocycles. The average molecular weight is 569 g/mol. The Bertz CT molecular complexity index is 1400. The molecule has 208 valence electrons. The number of aliphatic hydroxyl groups is 1. The van der Waals surface area contributed by atoms with Gasteiger partial charge in [-0.2, -0.15) is 13.2 Å². The maximum absolute atomic E-state index is 14.2. The average Bonchev–Trinajstić information content (AvgIpc) is 3.64. The predicted octanol–water partition coefficient (Wildman–Crippen LogP) is 5.67. The van der Waals surface area contributed by atoms with Crippen LogP contribution in [-0.2, 0) is 5.60 Å². The quantitative estimate of drug-likeness (QED) is 0.323. The summed E-state index contributed by atoms with van der Waals surface area (Å²) in [6.45, 7) is 0.672. The lowest BCUT2D eigenvalue weighted by atomic mass is 9.96. The van der Waals surface area contributed by atoms with Gasteiger partial charge in [0.05, 0.1) is 31.5 Å². The summed E-state index contributed by atoms with van der Waals surface area (Å²) in [5.41, 5.74) is -4.68. The Balaban J connectivity index is 1.62. The first-order valence-corrected chi connectivity index (χ1v) is 12.1. The monoisotopic (exact) mass is 568 g/mol. The lowest BCUT2D eigenvalue weighted by Gasteiger charge is -2.30. The second-order valence-corrected chi connectivity index (χ2v) is 9.74. The van der Waals surface area contributed by atoms with Crippen LogP contribution in [0.5, 0.6) is 17.2 Å². The summed E-state index contributed by atoms with van der Waals surface area (Å²) < 4.78 is 72.7. The number of halogens is 5. The molecule has 12 heteroatoms. The maximum Gasteiger partial charge on any atom is 0.424 e. The van der Waals surface area contributed by atoms with Gasteiger partial charge in [0.1, 0.15) is 22.9 Å². The highest BCUT2D eigenvalue weighted by Crippen LogP contribution is 2.43. The van der Waals surface area contributed by atoms with Crippen LogP contribution in [0.3, 0.4) is 0 Å². The summed E-state index contributed by atoms with van der Waals surface area (Å²) in [7, 11) is 2.65. The SMILES string of the molecule is COc1cc(C(=O)NCC(O)(c2ccc(OC)c(-c3ccc(F)c(Cl)c3)n2)C(F)(F)F)ccc1OC1(C)CC1. The molecule has 0 bridgehead atoms. The van der Waals surface area contributed by atoms with E-state index in [1.807, 2.05) is 6.92 Å². The number of hydrogen-bond acceptors (Lipinski definition) is 6. The third-order valence-electron chi connectivity index (χ3n) is 6.40. The number of alkyl halides is 3. The number of nitrogens with one attached hydrogen (secondary N) is 1. The van der Waals surface area contributed by atoms with Gasteiger partial charge < -0.3 is 24.6 Å². The van der Waals surface area contributed by atoms with Crippen molar-refractivity contribution in [3.63, 3.8) is 0 Å². The lowest BCUT2D eigenvalue weighted by molar-refractivity contribution is -0.265. The van der Waals surface area contributed by atoms with Crippen LogP contribution >= 0.6 is 11.6 Å². The molecule has 0 radical (unpaired) electrons. The molecule has 3 aromatic rings. The van der Waals surface area contributed by atoms with E-state index in [1.54, 1.807) is 0 Å². The van der Waals surface area contributed by atoms with Crippen molar-refractivity contribution in [3.8, 4) is 28.5 Å². The zero-order chi connectivity index (χ0) is 28.6. The van der Waals surface area contributed by atoms with Crippen molar-refractivity contribution in [2.24, 2.45) is 0 Å². The third kappa shape index (κ3) is 5.89. The molecule has 7 nitrogen and oxygen atoms in total. The van der Waals surface area contributed by atoms with Crippen LogP contribution in [0.25, 0.3) is 11.3 Å². The number of pyridine rings is 1. The zero-order valence-corrected chi connectivity index (χ0v) is 21.9. The molecule has 2 aromatic carbocycles. The van der Waals surface area contributed by atoms with E-state index >= 15 is 0 Å². The van der Waals surface area contributed by atoms with Gasteiger partial charge in [0.15, 0.2) is 11.5 Å². The van der Waals surface area contributed by atoms with Gasteiger partial charge in [0, 0.05) is 11.1 Å². The van der Waals surface area contributed by atoms with Gasteiger partial charge in [-0.3, -0.25) is 4.79 Å². The van der Waals surface area contributed by atoms with Gasteiger partial charge in [-0.1, -0.05) is 11.6 Å². The van der Waals surface area contributed by atoms with Crippen molar-refractivity contribution < 1.29 is 41.7 Å². The van der Waals surface area contributed by atoms with Gasteiger partial charge in [0.2, 0.25) is 5.60 Å². The van der Waals surface area contributed by atoms with E-state index in [-0.39, 0.29) is 38.9 Å². The van der Waals surface area contributed by atoms with Crippen molar-refractivity contribution >= 4 is 17.5 Å². The number of ether oxygens (including phenoxy) is 3. The summed E-state index contributed by atoms with van der Waals surface area (Å²) in [5, 5.41) is 12.7. The van der Waals surface area contributed by atoms with Crippen LogP contribution in [0, 0.1) is 5.82 Å². The fourth-order valence-electron chi connectivity index (χ4n) is 3.77. The van der Waals surface area contributed by atoms with Crippen LogP contribution < -0.4 is 19.5 Å². The predicted molar refractivity (Wildman–Crippen MR) is 135 cm³/mol. The van der Waals surface area contributed by atoms with Crippen LogP contribution in [0.2, 0.25) is 5.02 Å². The molecule has 0 spiro atoms. The first-order chi connectivity index (χ1) is 18.3. The van der Waals surface area contributed by atoms with E-state index in [4.69, 9.17) is 25.8 Å². The summed E-state index contributed by atoms with van der Waals surface area (Å²) in [5.74, 6) is -0.926. The molecule has 1 aliphatic carbocycles. The number of amides is 1. The van der Waals surface area contributed by atoms with Gasteiger partial charge in [-0.15, -0.1) is 0 Å². The Hall–Kier alpha value is -3.57. The Morgan fingerprint density at radius 2 is 1.72 bits per heavy atom. The summed E-state index contributed by atoms with van der Waals surface area (Å²) in [6, 6.07) is 9.78. The normalized spacial score (nSPS) is 15.7. The molecule has 0 saturated heterocycles. The van der Waals surface area contributed by atoms with Crippen molar-refractivity contribution in [2.75, 3.05) is 20.8 Å². The number of methoxy groups -OCH3 is 2. The first-order valence-electron chi connectivity index (χ1n) is 11.8. The van der Waals surface area contributed by atoms with Crippen LogP contribution in [0.15, 0.2) is 48.5 Å². The summed E-state index contributed by atoms with van der Waals surface area (Å²) in [6.07, 6.45) is -3.51. The van der Waals surface area contributed by atoms with E-state index < -0.39 is 35.7 Å². The molecule has 1 atom stereocenters. The van der Waals surface area contributed by atoms with Crippen LogP contribution in [0.1, 0.15) is 35.8 Å². The highest BCUT2D eigenvalue weighted by atomic mass is 35.5. The Labute approximate surface area is 226 Å². The van der Waals surface area contributed by atoms with E-state index in [0.29, 0.717) is 5.75 Å². The summed E-state index contributed by atoms with van der Waals surface area (Å²) in [4.78, 5) is 16.8. The van der Waals surface area contributed by atoms with Crippen molar-refractivity contribution in [1.29, 1.82) is 0 Å². The largest absolute Gasteiger partial charge is 0.494 e. The minimum Gasteiger partial charge on any atom is -0.494 e. The van der Waals surface area contributed by atoms with Crippen molar-refractivity contribution in [1.82, 2.24) is 10.3 Å². The van der Waals surface area contributed by atoms with E-state index in [2.05, 4.69) is 10.3 Å². The third-order valence-corrected chi connectivity index (χ3v) is 6.69. The first kappa shape index (κ1) is 28.4. The number of nitrogens with zero attached hydrogens (tertiary/aromatic N) is 1. The number of rotatable bonds is 9. The number of hydrogen-bond donors (Lipinski definition) is 2. The maximum atomic E-state index is 14.2. The lowest BCUT2D eigenvalue weighted by Crippen LogP contribution is -2.51. The molecule has 4 rings (SSSR count). The zero-order valence-electron chi connectivity index (χ0n) is 21.2. The second-order valence-electron chi connectivity index (χ2n) is 9.33. The molecular weight excluding hydrogens is 544 g/mol. The Kier molecular flexibility index (Phi) is 7.68. The Morgan fingerprint density at radius 3 is 2.31 bits per heavy atom. The number of carbonyl (C=O) groups excluding carboxylic acids is 1. The van der Waals surface area contributed by atoms with Gasteiger partial charge >= 0.3 is 6.18 Å². The highest BCUT2D eigenvalue weighted by molar-refractivity contribution is 6.31. The van der Waals surface area contributed by atoms with Gasteiger partial charge in [-0.25, -0.2) is 9.37 Å². The molecular formula is C27H25ClF4N2O5. The number of carbonyl (C=O) groups is 1. The highest BCUT2D eigenvalue weighted by Gasteiger charge is 2.56. The minimum atomic E-state index is -5.24. The van der Waals surface area contributed by atoms with Crippen molar-refractivity contribution in [3.05, 3.63) is 70.6 Å². The molecule has 1 fully saturated rings. The molecule has 1 saturated carbocycles. The standard InChI is InChI=1S/C27H25ClF4N2O5/c1-25(10-11-25)39-19-7-5-16(13-21(19)38-3)24(35)33-14-26(36,27(30,31)32)22-9-8-20(37-2)23(34-22)15-4-6-18(29)17(28)12-15/h4-9,12-13,36H,10-11,14H2,1-3H3,(H,33,35). The summed E-state index contributed by atoms with van der Waals surface area (Å²) >= 11 is 5.83. The molecule has 1 amide bonds. The smallest absolute Gasteiger partial charge is 0.424 e. The molecule has 1 aliphatic rings. The molecule has 39 heavy (non-hydrogen) atoms. The van der Waals surface area contributed by atoms with Gasteiger partial charge in [-0.05, 0) is 68.3 Å². The second kappa shape index (κ2) is 10.5. The van der Waals surface area contributed by atoms with Crippen LogP contribution in [0.4, 0.5) is 17.6 Å². The minimum absolute atomic E-state index is 0.00555. The Morgan fingerprint density at radius 1 is 1.05 bits per heavy atom. The van der Waals surface area contributed by atoms with Gasteiger partial charge in [0.25, 0.3) is 5.91 Å². The fraction of sp³-hybridized carbons (Fsp3) is 0.333. The van der Waals surface area contributed by atoms with E-state index in [0.717, 1.165) is 25.0 Å².